The van der Waals surface area contributed by atoms with Crippen LogP contribution in [0.15, 0.2) is 30.6 Å². The monoisotopic (exact) mass is 322 g/mol. The van der Waals surface area contributed by atoms with E-state index in [1.54, 1.807) is 10.9 Å². The van der Waals surface area contributed by atoms with Gasteiger partial charge in [-0.3, -0.25) is 4.57 Å². The maximum absolute atomic E-state index is 6.11. The average molecular weight is 323 g/mol. The van der Waals surface area contributed by atoms with Crippen LogP contribution < -0.4 is 0 Å². The molecule has 1 fully saturated rings. The van der Waals surface area contributed by atoms with Crippen molar-refractivity contribution < 1.29 is 0 Å². The lowest BCUT2D eigenvalue weighted by molar-refractivity contribution is 0.339. The Hall–Kier alpha value is -0.990. The van der Waals surface area contributed by atoms with Crippen LogP contribution in [0.4, 0.5) is 0 Å². The van der Waals surface area contributed by atoms with Crippen molar-refractivity contribution in [3.05, 3.63) is 46.5 Å². The molecule has 0 atom stereocenters. The van der Waals surface area contributed by atoms with E-state index in [1.807, 2.05) is 0 Å². The predicted molar refractivity (Wildman–Crippen MR) is 88.5 cm³/mol. The van der Waals surface area contributed by atoms with Crippen molar-refractivity contribution in [1.82, 2.24) is 9.55 Å². The molecule has 21 heavy (non-hydrogen) atoms. The SMILES string of the molecule is Clc1ncn(-c2ccc(CCC3CCCCC3)cc2)c1Cl. The minimum Gasteiger partial charge on any atom is -0.288 e. The smallest absolute Gasteiger partial charge is 0.166 e. The van der Waals surface area contributed by atoms with E-state index in [-0.39, 0.29) is 0 Å². The van der Waals surface area contributed by atoms with Crippen LogP contribution in [0.2, 0.25) is 10.3 Å². The number of rotatable bonds is 4. The van der Waals surface area contributed by atoms with Crippen LogP contribution in [0.1, 0.15) is 44.1 Å². The summed E-state index contributed by atoms with van der Waals surface area (Å²) in [5.74, 6) is 0.931. The Balaban J connectivity index is 1.62. The third-order valence-electron chi connectivity index (χ3n) is 4.45. The molecule has 0 bridgehead atoms. The van der Waals surface area contributed by atoms with Crippen molar-refractivity contribution in [3.63, 3.8) is 0 Å². The van der Waals surface area contributed by atoms with Gasteiger partial charge in [0, 0.05) is 5.69 Å². The molecule has 1 aromatic heterocycles. The largest absolute Gasteiger partial charge is 0.288 e. The number of aryl methyl sites for hydroxylation is 1. The molecule has 2 nitrogen and oxygen atoms in total. The van der Waals surface area contributed by atoms with Gasteiger partial charge in [-0.15, -0.1) is 0 Å². The van der Waals surface area contributed by atoms with Gasteiger partial charge in [0.1, 0.15) is 6.33 Å². The first-order chi connectivity index (χ1) is 10.2. The Labute approximate surface area is 136 Å². The molecule has 1 saturated carbocycles. The van der Waals surface area contributed by atoms with E-state index in [0.29, 0.717) is 10.3 Å². The molecular weight excluding hydrogens is 303 g/mol. The van der Waals surface area contributed by atoms with Gasteiger partial charge in [-0.1, -0.05) is 67.4 Å². The van der Waals surface area contributed by atoms with Gasteiger partial charge >= 0.3 is 0 Å². The summed E-state index contributed by atoms with van der Waals surface area (Å²) in [5.41, 5.74) is 2.40. The molecule has 1 aliphatic rings. The van der Waals surface area contributed by atoms with Crippen molar-refractivity contribution in [2.24, 2.45) is 5.92 Å². The summed E-state index contributed by atoms with van der Waals surface area (Å²) >= 11 is 12.0. The quantitative estimate of drug-likeness (QED) is 0.706. The third-order valence-corrected chi connectivity index (χ3v) is 5.18. The second kappa shape index (κ2) is 6.85. The molecule has 4 heteroatoms. The topological polar surface area (TPSA) is 17.8 Å². The highest BCUT2D eigenvalue weighted by Gasteiger charge is 2.13. The molecule has 1 heterocycles. The highest BCUT2D eigenvalue weighted by atomic mass is 35.5. The number of aromatic nitrogens is 2. The van der Waals surface area contributed by atoms with Gasteiger partial charge in [0.05, 0.1) is 0 Å². The second-order valence-corrected chi connectivity index (χ2v) is 6.62. The Morgan fingerprint density at radius 3 is 2.38 bits per heavy atom. The lowest BCUT2D eigenvalue weighted by Crippen LogP contribution is -2.07. The molecule has 1 aliphatic carbocycles. The Morgan fingerprint density at radius 1 is 1.05 bits per heavy atom. The van der Waals surface area contributed by atoms with Crippen molar-refractivity contribution in [2.75, 3.05) is 0 Å². The molecular formula is C17H20Cl2N2. The van der Waals surface area contributed by atoms with Gasteiger partial charge in [0.2, 0.25) is 0 Å². The van der Waals surface area contributed by atoms with E-state index < -0.39 is 0 Å². The van der Waals surface area contributed by atoms with Crippen LogP contribution in [-0.4, -0.2) is 9.55 Å². The third kappa shape index (κ3) is 3.61. The number of hydrogen-bond donors (Lipinski definition) is 0. The minimum absolute atomic E-state index is 0.345. The lowest BCUT2D eigenvalue weighted by Gasteiger charge is -2.21. The van der Waals surface area contributed by atoms with E-state index in [2.05, 4.69) is 29.2 Å². The van der Waals surface area contributed by atoms with E-state index in [9.17, 15) is 0 Å². The molecule has 2 aromatic rings. The van der Waals surface area contributed by atoms with E-state index >= 15 is 0 Å². The Bertz CT molecular complexity index is 583. The average Bonchev–Trinajstić information content (AvgIpc) is 2.87. The van der Waals surface area contributed by atoms with Crippen LogP contribution in [0.5, 0.6) is 0 Å². The molecule has 0 radical (unpaired) electrons. The molecule has 0 N–H and O–H groups in total. The van der Waals surface area contributed by atoms with Gasteiger partial charge < -0.3 is 0 Å². The zero-order valence-electron chi connectivity index (χ0n) is 12.1. The molecule has 112 valence electrons. The highest BCUT2D eigenvalue weighted by Crippen LogP contribution is 2.28. The summed E-state index contributed by atoms with van der Waals surface area (Å²) in [6.07, 6.45) is 11.2. The van der Waals surface area contributed by atoms with E-state index in [0.717, 1.165) is 11.6 Å². The maximum Gasteiger partial charge on any atom is 0.166 e. The summed E-state index contributed by atoms with van der Waals surface area (Å²) in [4.78, 5) is 4.01. The van der Waals surface area contributed by atoms with Gasteiger partial charge in [-0.05, 0) is 36.5 Å². The summed E-state index contributed by atoms with van der Waals surface area (Å²) in [5, 5.41) is 0.810. The fourth-order valence-corrected chi connectivity index (χ4v) is 3.49. The van der Waals surface area contributed by atoms with Crippen LogP contribution in [-0.2, 0) is 6.42 Å². The van der Waals surface area contributed by atoms with E-state index in [4.69, 9.17) is 23.2 Å². The number of hydrogen-bond acceptors (Lipinski definition) is 1. The van der Waals surface area contributed by atoms with Crippen molar-refractivity contribution in [2.45, 2.75) is 44.9 Å². The molecule has 1 aromatic carbocycles. The number of nitrogens with zero attached hydrogens (tertiary/aromatic N) is 2. The fourth-order valence-electron chi connectivity index (χ4n) is 3.16. The van der Waals surface area contributed by atoms with Gasteiger partial charge in [0.25, 0.3) is 0 Å². The van der Waals surface area contributed by atoms with Crippen LogP contribution >= 0.6 is 23.2 Å². The minimum atomic E-state index is 0.345. The molecule has 0 saturated heterocycles. The summed E-state index contributed by atoms with van der Waals surface area (Å²) in [6, 6.07) is 8.53. The zero-order valence-corrected chi connectivity index (χ0v) is 13.6. The first-order valence-corrected chi connectivity index (χ1v) is 8.47. The normalized spacial score (nSPS) is 16.3. The Kier molecular flexibility index (Phi) is 4.87. The molecule has 0 spiro atoms. The van der Waals surface area contributed by atoms with Crippen LogP contribution in [0, 0.1) is 5.92 Å². The first-order valence-electron chi connectivity index (χ1n) is 7.71. The molecule has 3 rings (SSSR count). The standard InChI is InChI=1S/C17H20Cl2N2/c18-16-17(19)21(12-20-16)15-10-8-14(9-11-15)7-6-13-4-2-1-3-5-13/h8-13H,1-7H2. The maximum atomic E-state index is 6.11. The van der Waals surface area contributed by atoms with Gasteiger partial charge in [-0.2, -0.15) is 0 Å². The summed E-state index contributed by atoms with van der Waals surface area (Å²) < 4.78 is 1.80. The lowest BCUT2D eigenvalue weighted by atomic mass is 9.85. The van der Waals surface area contributed by atoms with Gasteiger partial charge in [-0.25, -0.2) is 4.98 Å². The summed E-state index contributed by atoms with van der Waals surface area (Å²) in [7, 11) is 0. The highest BCUT2D eigenvalue weighted by molar-refractivity contribution is 6.40. The van der Waals surface area contributed by atoms with Crippen molar-refractivity contribution in [3.8, 4) is 5.69 Å². The number of benzene rings is 1. The van der Waals surface area contributed by atoms with Crippen molar-refractivity contribution >= 4 is 23.2 Å². The van der Waals surface area contributed by atoms with Crippen LogP contribution in [0.25, 0.3) is 5.69 Å². The van der Waals surface area contributed by atoms with Crippen LogP contribution in [0.3, 0.4) is 0 Å². The summed E-state index contributed by atoms with van der Waals surface area (Å²) in [6.45, 7) is 0. The van der Waals surface area contributed by atoms with Crippen molar-refractivity contribution in [1.29, 1.82) is 0 Å². The Morgan fingerprint density at radius 2 is 1.76 bits per heavy atom. The number of imidazole rings is 1. The van der Waals surface area contributed by atoms with E-state index in [1.165, 1.54) is 50.5 Å². The zero-order chi connectivity index (χ0) is 14.7. The van der Waals surface area contributed by atoms with Gasteiger partial charge in [0.15, 0.2) is 10.3 Å². The number of halogens is 2. The second-order valence-electron chi connectivity index (χ2n) is 5.91. The first kappa shape index (κ1) is 14.9. The predicted octanol–water partition coefficient (Wildman–Crippen LogP) is 5.69. The molecule has 0 unspecified atom stereocenters. The molecule has 0 amide bonds. The molecule has 0 aliphatic heterocycles. The fraction of sp³-hybridized carbons (Fsp3) is 0.471.